The van der Waals surface area contributed by atoms with E-state index in [4.69, 9.17) is 4.74 Å². The molecule has 0 fully saturated rings. The lowest BCUT2D eigenvalue weighted by molar-refractivity contribution is 0.0514. The van der Waals surface area contributed by atoms with Crippen molar-refractivity contribution in [3.8, 4) is 6.07 Å². The van der Waals surface area contributed by atoms with Gasteiger partial charge < -0.3 is 9.30 Å². The van der Waals surface area contributed by atoms with E-state index in [0.29, 0.717) is 24.4 Å². The van der Waals surface area contributed by atoms with E-state index in [0.717, 1.165) is 32.8 Å². The van der Waals surface area contributed by atoms with Crippen molar-refractivity contribution in [3.63, 3.8) is 0 Å². The van der Waals surface area contributed by atoms with Gasteiger partial charge in [0.15, 0.2) is 0 Å². The maximum Gasteiger partial charge on any atom is 0.355 e. The number of benzene rings is 3. The molecule has 0 aliphatic rings. The van der Waals surface area contributed by atoms with Crippen LogP contribution in [0.15, 0.2) is 60.7 Å². The maximum absolute atomic E-state index is 12.8. The zero-order valence-corrected chi connectivity index (χ0v) is 15.9. The topological polar surface area (TPSA) is 55.0 Å². The van der Waals surface area contributed by atoms with E-state index in [1.54, 1.807) is 13.0 Å². The summed E-state index contributed by atoms with van der Waals surface area (Å²) in [4.78, 5) is 12.8. The zero-order chi connectivity index (χ0) is 19.7. The minimum Gasteiger partial charge on any atom is -0.461 e. The van der Waals surface area contributed by atoms with Gasteiger partial charge >= 0.3 is 5.97 Å². The maximum atomic E-state index is 12.8. The molecule has 28 heavy (non-hydrogen) atoms. The Morgan fingerprint density at radius 1 is 1.07 bits per heavy atom. The predicted molar refractivity (Wildman–Crippen MR) is 110 cm³/mol. The number of rotatable bonds is 4. The lowest BCUT2D eigenvalue weighted by Gasteiger charge is -2.13. The summed E-state index contributed by atoms with van der Waals surface area (Å²) in [5.74, 6) is -0.338. The van der Waals surface area contributed by atoms with Crippen molar-refractivity contribution in [2.45, 2.75) is 20.4 Å². The molecule has 4 nitrogen and oxygen atoms in total. The van der Waals surface area contributed by atoms with E-state index in [-0.39, 0.29) is 5.97 Å². The van der Waals surface area contributed by atoms with E-state index >= 15 is 0 Å². The van der Waals surface area contributed by atoms with Crippen LogP contribution in [0.1, 0.15) is 34.1 Å². The van der Waals surface area contributed by atoms with Crippen molar-refractivity contribution >= 4 is 27.6 Å². The number of nitriles is 1. The predicted octanol–water partition coefficient (Wildman–Crippen LogP) is 5.20. The van der Waals surface area contributed by atoms with Crippen LogP contribution in [-0.2, 0) is 11.3 Å². The number of fused-ring (bicyclic) bond motifs is 2. The average Bonchev–Trinajstić information content (AvgIpc) is 2.99. The quantitative estimate of drug-likeness (QED) is 0.465. The Labute approximate surface area is 163 Å². The second-order valence-corrected chi connectivity index (χ2v) is 6.76. The first-order chi connectivity index (χ1) is 13.6. The van der Waals surface area contributed by atoms with Crippen molar-refractivity contribution in [1.82, 2.24) is 4.57 Å². The molecule has 0 radical (unpaired) electrons. The molecule has 0 atom stereocenters. The summed E-state index contributed by atoms with van der Waals surface area (Å²) >= 11 is 0. The van der Waals surface area contributed by atoms with Crippen molar-refractivity contribution < 1.29 is 9.53 Å². The summed E-state index contributed by atoms with van der Waals surface area (Å²) in [6.45, 7) is 4.57. The summed E-state index contributed by atoms with van der Waals surface area (Å²) in [5.41, 5.74) is 3.97. The van der Waals surface area contributed by atoms with Crippen molar-refractivity contribution in [2.75, 3.05) is 6.61 Å². The normalized spacial score (nSPS) is 10.9. The van der Waals surface area contributed by atoms with Crippen LogP contribution in [0.5, 0.6) is 0 Å². The highest BCUT2D eigenvalue weighted by molar-refractivity contribution is 5.99. The third-order valence-corrected chi connectivity index (χ3v) is 5.12. The first-order valence-electron chi connectivity index (χ1n) is 9.30. The minimum atomic E-state index is -0.338. The molecule has 0 aliphatic carbocycles. The summed E-state index contributed by atoms with van der Waals surface area (Å²) in [5, 5.41) is 12.6. The Kier molecular flexibility index (Phi) is 4.58. The average molecular weight is 368 g/mol. The van der Waals surface area contributed by atoms with Gasteiger partial charge in [0, 0.05) is 11.9 Å². The van der Waals surface area contributed by atoms with E-state index in [1.807, 2.05) is 41.8 Å². The zero-order valence-electron chi connectivity index (χ0n) is 15.9. The molecule has 0 aliphatic heterocycles. The van der Waals surface area contributed by atoms with Crippen LogP contribution in [-0.4, -0.2) is 17.1 Å². The number of aryl methyl sites for hydroxylation is 1. The number of carbonyl (C=O) groups is 1. The fourth-order valence-electron chi connectivity index (χ4n) is 3.82. The monoisotopic (exact) mass is 368 g/mol. The highest BCUT2D eigenvalue weighted by Gasteiger charge is 2.22. The van der Waals surface area contributed by atoms with Gasteiger partial charge in [-0.1, -0.05) is 48.5 Å². The lowest BCUT2D eigenvalue weighted by Crippen LogP contribution is -2.14. The highest BCUT2D eigenvalue weighted by atomic mass is 16.5. The Hall–Kier alpha value is -3.58. The molecular weight excluding hydrogens is 348 g/mol. The Morgan fingerprint density at radius 3 is 2.64 bits per heavy atom. The second-order valence-electron chi connectivity index (χ2n) is 6.76. The first-order valence-corrected chi connectivity index (χ1v) is 9.30. The number of nitrogens with zero attached hydrogens (tertiary/aromatic N) is 2. The lowest BCUT2D eigenvalue weighted by atomic mass is 10.0. The molecule has 0 saturated carbocycles. The van der Waals surface area contributed by atoms with Gasteiger partial charge in [0.25, 0.3) is 0 Å². The molecule has 0 N–H and O–H groups in total. The summed E-state index contributed by atoms with van der Waals surface area (Å²) < 4.78 is 7.31. The second kappa shape index (κ2) is 7.21. The number of esters is 1. The molecular formula is C24H20N2O2. The number of aromatic nitrogens is 1. The molecule has 0 amide bonds. The largest absolute Gasteiger partial charge is 0.461 e. The smallest absolute Gasteiger partial charge is 0.355 e. The molecule has 0 unspecified atom stereocenters. The molecule has 138 valence electrons. The molecule has 4 aromatic rings. The fourth-order valence-corrected chi connectivity index (χ4v) is 3.82. The summed E-state index contributed by atoms with van der Waals surface area (Å²) in [7, 11) is 0. The van der Waals surface area contributed by atoms with Crippen LogP contribution in [0.25, 0.3) is 21.7 Å². The van der Waals surface area contributed by atoms with Crippen LogP contribution in [0, 0.1) is 18.3 Å². The van der Waals surface area contributed by atoms with Gasteiger partial charge in [0.05, 0.1) is 23.8 Å². The van der Waals surface area contributed by atoms with Gasteiger partial charge in [-0.15, -0.1) is 0 Å². The number of carbonyl (C=O) groups excluding carboxylic acids is 1. The number of ether oxygens (including phenoxy) is 1. The van der Waals surface area contributed by atoms with Gasteiger partial charge in [0.2, 0.25) is 0 Å². The van der Waals surface area contributed by atoms with Crippen LogP contribution in [0.2, 0.25) is 0 Å². The molecule has 1 heterocycles. The Balaban J connectivity index is 1.97. The molecule has 0 bridgehead atoms. The third-order valence-electron chi connectivity index (χ3n) is 5.12. The minimum absolute atomic E-state index is 0.317. The van der Waals surface area contributed by atoms with Crippen molar-refractivity contribution in [3.05, 3.63) is 83.0 Å². The van der Waals surface area contributed by atoms with Crippen LogP contribution in [0.3, 0.4) is 0 Å². The van der Waals surface area contributed by atoms with Gasteiger partial charge in [-0.3, -0.25) is 0 Å². The van der Waals surface area contributed by atoms with E-state index in [9.17, 15) is 10.1 Å². The SMILES string of the molecule is CCOC(=O)c1c(C)c2ccc(C#N)cc2n1Cc1cccc2ccccc12. The van der Waals surface area contributed by atoms with Crippen molar-refractivity contribution in [1.29, 1.82) is 5.26 Å². The molecule has 4 rings (SSSR count). The van der Waals surface area contributed by atoms with Crippen LogP contribution in [0.4, 0.5) is 0 Å². The molecule has 0 spiro atoms. The Bertz CT molecular complexity index is 1240. The van der Waals surface area contributed by atoms with Gasteiger partial charge in [0.1, 0.15) is 5.69 Å². The summed E-state index contributed by atoms with van der Waals surface area (Å²) in [6, 6.07) is 22.1. The van der Waals surface area contributed by atoms with Crippen LogP contribution < -0.4 is 0 Å². The fraction of sp³-hybridized carbons (Fsp3) is 0.167. The standard InChI is InChI=1S/C24H20N2O2/c1-3-28-24(27)23-16(2)20-12-11-17(14-25)13-22(20)26(23)15-19-9-6-8-18-7-4-5-10-21(18)19/h4-13H,3,15H2,1-2H3. The molecule has 0 saturated heterocycles. The number of hydrogen-bond donors (Lipinski definition) is 0. The van der Waals surface area contributed by atoms with E-state index in [2.05, 4.69) is 30.3 Å². The van der Waals surface area contributed by atoms with Crippen molar-refractivity contribution in [2.24, 2.45) is 0 Å². The number of hydrogen-bond acceptors (Lipinski definition) is 3. The van der Waals surface area contributed by atoms with E-state index in [1.165, 1.54) is 0 Å². The first kappa shape index (κ1) is 17.8. The molecule has 3 aromatic carbocycles. The van der Waals surface area contributed by atoms with Gasteiger partial charge in [-0.25, -0.2) is 4.79 Å². The molecule has 4 heteroatoms. The van der Waals surface area contributed by atoms with Gasteiger partial charge in [-0.2, -0.15) is 5.26 Å². The van der Waals surface area contributed by atoms with Crippen LogP contribution >= 0.6 is 0 Å². The molecule has 1 aromatic heterocycles. The van der Waals surface area contributed by atoms with Gasteiger partial charge in [-0.05, 0) is 47.9 Å². The Morgan fingerprint density at radius 2 is 1.86 bits per heavy atom. The summed E-state index contributed by atoms with van der Waals surface area (Å²) in [6.07, 6.45) is 0. The third kappa shape index (κ3) is 2.91. The van der Waals surface area contributed by atoms with E-state index < -0.39 is 0 Å². The highest BCUT2D eigenvalue weighted by Crippen LogP contribution is 2.29.